The molecule has 0 fully saturated rings. The topological polar surface area (TPSA) is 82.2 Å². The fourth-order valence-corrected chi connectivity index (χ4v) is 1.24. The van der Waals surface area contributed by atoms with Crippen LogP contribution >= 0.6 is 0 Å². The summed E-state index contributed by atoms with van der Waals surface area (Å²) in [5.41, 5.74) is 0. The minimum atomic E-state index is -0.512. The summed E-state index contributed by atoms with van der Waals surface area (Å²) in [4.78, 5) is 13.8. The van der Waals surface area contributed by atoms with Crippen LogP contribution in [0.2, 0.25) is 0 Å². The van der Waals surface area contributed by atoms with Crippen LogP contribution in [0.4, 0.5) is 11.6 Å². The van der Waals surface area contributed by atoms with Crippen molar-refractivity contribution in [2.75, 3.05) is 19.0 Å². The number of hydrogen-bond donors (Lipinski definition) is 1. The number of ether oxygens (including phenoxy) is 1. The van der Waals surface area contributed by atoms with Crippen LogP contribution in [0.1, 0.15) is 6.92 Å². The number of nitro groups is 1. The van der Waals surface area contributed by atoms with Gasteiger partial charge in [0, 0.05) is 20.2 Å². The first-order chi connectivity index (χ1) is 7.06. The minimum Gasteiger partial charge on any atom is -0.383 e. The zero-order valence-electron chi connectivity index (χ0n) is 8.93. The van der Waals surface area contributed by atoms with Crippen molar-refractivity contribution in [3.05, 3.63) is 16.4 Å². The van der Waals surface area contributed by atoms with Crippen LogP contribution in [0.15, 0.2) is 6.33 Å². The van der Waals surface area contributed by atoms with Gasteiger partial charge in [-0.2, -0.15) is 0 Å². The third-order valence-electron chi connectivity index (χ3n) is 1.89. The molecular formula is C8H14N4O3. The maximum Gasteiger partial charge on any atom is 0.406 e. The fourth-order valence-electron chi connectivity index (χ4n) is 1.24. The Morgan fingerprint density at radius 2 is 2.47 bits per heavy atom. The molecule has 0 aliphatic rings. The van der Waals surface area contributed by atoms with Crippen LogP contribution in [0.25, 0.3) is 0 Å². The predicted octanol–water partition coefficient (Wildman–Crippen LogP) is 0.775. The Kier molecular flexibility index (Phi) is 3.62. The standard InChI is InChI=1S/C8H14N4O3/c1-6(4-15-3)10-8-7(12(13)14)9-5-11(8)2/h5-6,10H,4H2,1-3H3. The molecular weight excluding hydrogens is 200 g/mol. The zero-order valence-corrected chi connectivity index (χ0v) is 8.93. The molecule has 0 aliphatic carbocycles. The summed E-state index contributed by atoms with van der Waals surface area (Å²) in [5, 5.41) is 13.6. The molecule has 1 atom stereocenters. The molecule has 0 aromatic carbocycles. The molecule has 1 N–H and O–H groups in total. The quantitative estimate of drug-likeness (QED) is 0.578. The maximum atomic E-state index is 10.6. The molecule has 0 radical (unpaired) electrons. The summed E-state index contributed by atoms with van der Waals surface area (Å²) in [6.45, 7) is 2.35. The van der Waals surface area contributed by atoms with Gasteiger partial charge in [0.2, 0.25) is 12.1 Å². The molecule has 0 saturated heterocycles. The zero-order chi connectivity index (χ0) is 11.4. The summed E-state index contributed by atoms with van der Waals surface area (Å²) in [7, 11) is 3.28. The maximum absolute atomic E-state index is 10.6. The van der Waals surface area contributed by atoms with Gasteiger partial charge in [-0.25, -0.2) is 0 Å². The molecule has 7 heteroatoms. The Bertz CT molecular complexity index is 350. The Balaban J connectivity index is 2.83. The lowest BCUT2D eigenvalue weighted by Gasteiger charge is -2.13. The van der Waals surface area contributed by atoms with E-state index in [9.17, 15) is 10.1 Å². The molecule has 1 rings (SSSR count). The normalized spacial score (nSPS) is 12.5. The van der Waals surface area contributed by atoms with Crippen LogP contribution in [0.3, 0.4) is 0 Å². The van der Waals surface area contributed by atoms with E-state index in [4.69, 9.17) is 4.74 Å². The molecule has 1 aromatic heterocycles. The van der Waals surface area contributed by atoms with E-state index in [1.807, 2.05) is 6.92 Å². The van der Waals surface area contributed by atoms with E-state index in [1.54, 1.807) is 18.7 Å². The lowest BCUT2D eigenvalue weighted by atomic mass is 10.3. The summed E-state index contributed by atoms with van der Waals surface area (Å²) >= 11 is 0. The van der Waals surface area contributed by atoms with Gasteiger partial charge in [0.15, 0.2) is 0 Å². The first-order valence-corrected chi connectivity index (χ1v) is 4.47. The Hall–Kier alpha value is -1.63. The summed E-state index contributed by atoms with van der Waals surface area (Å²) in [6.07, 6.45) is 1.40. The number of aromatic nitrogens is 2. The molecule has 0 bridgehead atoms. The molecule has 15 heavy (non-hydrogen) atoms. The van der Waals surface area contributed by atoms with Crippen LogP contribution in [-0.4, -0.2) is 34.2 Å². The summed E-state index contributed by atoms with van der Waals surface area (Å²) in [5.74, 6) is 0.227. The second-order valence-electron chi connectivity index (χ2n) is 3.29. The number of aryl methyl sites for hydroxylation is 1. The van der Waals surface area contributed by atoms with Gasteiger partial charge in [-0.15, -0.1) is 0 Å². The second-order valence-corrected chi connectivity index (χ2v) is 3.29. The van der Waals surface area contributed by atoms with E-state index < -0.39 is 4.92 Å². The largest absolute Gasteiger partial charge is 0.406 e. The molecule has 0 spiro atoms. The average molecular weight is 214 g/mol. The third-order valence-corrected chi connectivity index (χ3v) is 1.89. The third kappa shape index (κ3) is 2.66. The van der Waals surface area contributed by atoms with Gasteiger partial charge in [-0.3, -0.25) is 4.57 Å². The van der Waals surface area contributed by atoms with Gasteiger partial charge in [-0.05, 0) is 16.8 Å². The number of methoxy groups -OCH3 is 1. The monoisotopic (exact) mass is 214 g/mol. The number of hydrogen-bond acceptors (Lipinski definition) is 5. The second kappa shape index (κ2) is 4.74. The van der Waals surface area contributed by atoms with Crippen molar-refractivity contribution < 1.29 is 9.66 Å². The molecule has 1 aromatic rings. The summed E-state index contributed by atoms with van der Waals surface area (Å²) in [6, 6.07) is -0.0101. The molecule has 7 nitrogen and oxygen atoms in total. The van der Waals surface area contributed by atoms with Gasteiger partial charge in [0.25, 0.3) is 0 Å². The van der Waals surface area contributed by atoms with Crippen molar-refractivity contribution >= 4 is 11.6 Å². The van der Waals surface area contributed by atoms with Crippen molar-refractivity contribution in [1.29, 1.82) is 0 Å². The predicted molar refractivity (Wildman–Crippen MR) is 54.8 cm³/mol. The molecule has 0 saturated carbocycles. The highest BCUT2D eigenvalue weighted by atomic mass is 16.6. The van der Waals surface area contributed by atoms with Gasteiger partial charge in [0.1, 0.15) is 0 Å². The van der Waals surface area contributed by atoms with E-state index in [-0.39, 0.29) is 11.9 Å². The first-order valence-electron chi connectivity index (χ1n) is 4.47. The Morgan fingerprint density at radius 3 is 3.00 bits per heavy atom. The number of imidazole rings is 1. The van der Waals surface area contributed by atoms with E-state index in [0.717, 1.165) is 0 Å². The highest BCUT2D eigenvalue weighted by Crippen LogP contribution is 2.21. The van der Waals surface area contributed by atoms with Gasteiger partial charge >= 0.3 is 5.82 Å². The van der Waals surface area contributed by atoms with E-state index in [0.29, 0.717) is 12.4 Å². The lowest BCUT2D eigenvalue weighted by Crippen LogP contribution is -2.22. The Labute approximate surface area is 87.2 Å². The van der Waals surface area contributed by atoms with E-state index >= 15 is 0 Å². The molecule has 1 unspecified atom stereocenters. The van der Waals surface area contributed by atoms with E-state index in [1.165, 1.54) is 6.33 Å². The highest BCUT2D eigenvalue weighted by Gasteiger charge is 2.20. The lowest BCUT2D eigenvalue weighted by molar-refractivity contribution is -0.388. The fraction of sp³-hybridized carbons (Fsp3) is 0.625. The van der Waals surface area contributed by atoms with Gasteiger partial charge in [-0.1, -0.05) is 0 Å². The average Bonchev–Trinajstić information content (AvgIpc) is 2.48. The smallest absolute Gasteiger partial charge is 0.383 e. The Morgan fingerprint density at radius 1 is 1.80 bits per heavy atom. The molecule has 0 aliphatic heterocycles. The highest BCUT2D eigenvalue weighted by molar-refractivity contribution is 5.52. The van der Waals surface area contributed by atoms with Crippen molar-refractivity contribution in [2.45, 2.75) is 13.0 Å². The molecule has 0 amide bonds. The van der Waals surface area contributed by atoms with Crippen molar-refractivity contribution in [3.63, 3.8) is 0 Å². The van der Waals surface area contributed by atoms with Crippen molar-refractivity contribution in [1.82, 2.24) is 9.55 Å². The molecule has 1 heterocycles. The molecule has 84 valence electrons. The van der Waals surface area contributed by atoms with Crippen molar-refractivity contribution in [2.24, 2.45) is 7.05 Å². The number of anilines is 1. The SMILES string of the molecule is COCC(C)Nc1c([N+](=O)[O-])ncn1C. The minimum absolute atomic E-state index is 0.0101. The van der Waals surface area contributed by atoms with Crippen LogP contribution < -0.4 is 5.32 Å². The summed E-state index contributed by atoms with van der Waals surface area (Å²) < 4.78 is 6.50. The first kappa shape index (κ1) is 11.4. The van der Waals surface area contributed by atoms with Crippen LogP contribution in [-0.2, 0) is 11.8 Å². The number of rotatable bonds is 5. The van der Waals surface area contributed by atoms with Gasteiger partial charge < -0.3 is 20.2 Å². The number of nitrogens with zero attached hydrogens (tertiary/aromatic N) is 3. The van der Waals surface area contributed by atoms with Gasteiger partial charge in [0.05, 0.1) is 6.61 Å². The number of nitrogens with one attached hydrogen (secondary N) is 1. The van der Waals surface area contributed by atoms with Crippen LogP contribution in [0.5, 0.6) is 0 Å². The van der Waals surface area contributed by atoms with E-state index in [2.05, 4.69) is 10.3 Å². The van der Waals surface area contributed by atoms with Crippen molar-refractivity contribution in [3.8, 4) is 0 Å². The van der Waals surface area contributed by atoms with Crippen LogP contribution in [0, 0.1) is 10.1 Å².